The van der Waals surface area contributed by atoms with Crippen molar-refractivity contribution in [3.8, 4) is 0 Å². The van der Waals surface area contributed by atoms with Crippen LogP contribution in [0.4, 0.5) is 0 Å². The number of thioether (sulfide) groups is 1. The van der Waals surface area contributed by atoms with Gasteiger partial charge in [0, 0.05) is 10.1 Å². The molecule has 1 aromatic rings. The van der Waals surface area contributed by atoms with E-state index < -0.39 is 0 Å². The van der Waals surface area contributed by atoms with Crippen molar-refractivity contribution in [3.05, 3.63) is 29.8 Å². The average molecular weight is 235 g/mol. The van der Waals surface area contributed by atoms with Crippen LogP contribution >= 0.6 is 11.8 Å². The summed E-state index contributed by atoms with van der Waals surface area (Å²) in [6.45, 7) is 3.01. The summed E-state index contributed by atoms with van der Waals surface area (Å²) < 4.78 is 0. The fraction of sp³-hybridized carbons (Fsp3) is 0.571. The Balaban J connectivity index is 2.02. The van der Waals surface area contributed by atoms with Crippen LogP contribution in [0.25, 0.3) is 0 Å². The predicted molar refractivity (Wildman–Crippen MR) is 71.8 cm³/mol. The second kappa shape index (κ2) is 5.74. The van der Waals surface area contributed by atoms with Crippen LogP contribution in [0, 0.1) is 12.8 Å². The summed E-state index contributed by atoms with van der Waals surface area (Å²) in [5.41, 5.74) is 7.22. The van der Waals surface area contributed by atoms with Gasteiger partial charge in [0.05, 0.1) is 0 Å². The highest BCUT2D eigenvalue weighted by Crippen LogP contribution is 2.37. The lowest BCUT2D eigenvalue weighted by Gasteiger charge is -2.30. The highest BCUT2D eigenvalue weighted by atomic mass is 32.2. The Morgan fingerprint density at radius 1 is 1.31 bits per heavy atom. The average Bonchev–Trinajstić information content (AvgIpc) is 2.30. The van der Waals surface area contributed by atoms with Gasteiger partial charge in [-0.2, -0.15) is 0 Å². The Kier molecular flexibility index (Phi) is 4.30. The lowest BCUT2D eigenvalue weighted by atomic mass is 9.89. The van der Waals surface area contributed by atoms with Gasteiger partial charge >= 0.3 is 0 Å². The molecule has 0 aromatic heterocycles. The van der Waals surface area contributed by atoms with Crippen LogP contribution in [-0.4, -0.2) is 11.8 Å². The van der Waals surface area contributed by atoms with Crippen LogP contribution in [0.15, 0.2) is 29.2 Å². The number of aryl methyl sites for hydroxylation is 1. The second-order valence-corrected chi connectivity index (χ2v) is 6.07. The van der Waals surface area contributed by atoms with Gasteiger partial charge in [-0.05, 0) is 44.4 Å². The molecule has 0 spiro atoms. The van der Waals surface area contributed by atoms with Crippen LogP contribution in [0.1, 0.15) is 31.2 Å². The molecule has 2 N–H and O–H groups in total. The van der Waals surface area contributed by atoms with E-state index in [1.807, 2.05) is 11.8 Å². The van der Waals surface area contributed by atoms with Crippen molar-refractivity contribution >= 4 is 11.8 Å². The van der Waals surface area contributed by atoms with Gasteiger partial charge in [-0.3, -0.25) is 0 Å². The van der Waals surface area contributed by atoms with Crippen molar-refractivity contribution in [3.63, 3.8) is 0 Å². The predicted octanol–water partition coefficient (Wildman–Crippen LogP) is 3.60. The molecule has 1 aliphatic carbocycles. The Morgan fingerprint density at radius 2 is 2.12 bits per heavy atom. The van der Waals surface area contributed by atoms with Crippen molar-refractivity contribution in [2.45, 2.75) is 42.8 Å². The zero-order valence-corrected chi connectivity index (χ0v) is 10.8. The van der Waals surface area contributed by atoms with Crippen LogP contribution in [0.5, 0.6) is 0 Å². The monoisotopic (exact) mass is 235 g/mol. The lowest BCUT2D eigenvalue weighted by Crippen LogP contribution is -2.28. The second-order valence-electron chi connectivity index (χ2n) is 4.75. The third kappa shape index (κ3) is 3.02. The highest BCUT2D eigenvalue weighted by Gasteiger charge is 2.24. The molecule has 1 fully saturated rings. The van der Waals surface area contributed by atoms with Gasteiger partial charge in [0.1, 0.15) is 0 Å². The minimum Gasteiger partial charge on any atom is -0.330 e. The molecule has 0 aliphatic heterocycles. The van der Waals surface area contributed by atoms with E-state index in [0.717, 1.165) is 17.7 Å². The van der Waals surface area contributed by atoms with E-state index in [1.165, 1.54) is 36.1 Å². The van der Waals surface area contributed by atoms with Gasteiger partial charge in [0.15, 0.2) is 0 Å². The molecule has 0 radical (unpaired) electrons. The summed E-state index contributed by atoms with van der Waals surface area (Å²) in [6.07, 6.45) is 5.40. The van der Waals surface area contributed by atoms with Crippen LogP contribution in [-0.2, 0) is 0 Å². The maximum atomic E-state index is 5.86. The van der Waals surface area contributed by atoms with Gasteiger partial charge in [-0.15, -0.1) is 11.8 Å². The van der Waals surface area contributed by atoms with Crippen molar-refractivity contribution < 1.29 is 0 Å². The molecule has 0 heterocycles. The first-order valence-electron chi connectivity index (χ1n) is 6.23. The third-order valence-electron chi connectivity index (χ3n) is 3.42. The van der Waals surface area contributed by atoms with E-state index in [1.54, 1.807) is 0 Å². The summed E-state index contributed by atoms with van der Waals surface area (Å²) in [5.74, 6) is 0.722. The summed E-state index contributed by atoms with van der Waals surface area (Å²) in [7, 11) is 0. The smallest absolute Gasteiger partial charge is 0.0135 e. The molecule has 2 heteroatoms. The fourth-order valence-electron chi connectivity index (χ4n) is 2.46. The fourth-order valence-corrected chi connectivity index (χ4v) is 3.95. The van der Waals surface area contributed by atoms with Crippen molar-refractivity contribution in [1.29, 1.82) is 0 Å². The molecule has 1 aromatic carbocycles. The van der Waals surface area contributed by atoms with E-state index in [9.17, 15) is 0 Å². The summed E-state index contributed by atoms with van der Waals surface area (Å²) in [6, 6.07) is 8.82. The summed E-state index contributed by atoms with van der Waals surface area (Å²) >= 11 is 2.03. The number of hydrogen-bond donors (Lipinski definition) is 1. The van der Waals surface area contributed by atoms with Gasteiger partial charge < -0.3 is 5.73 Å². The molecular weight excluding hydrogens is 214 g/mol. The third-order valence-corrected chi connectivity index (χ3v) is 4.87. The Hall–Kier alpha value is -0.470. The minimum absolute atomic E-state index is 0.722. The molecule has 1 nitrogen and oxygen atoms in total. The van der Waals surface area contributed by atoms with Gasteiger partial charge in [-0.25, -0.2) is 0 Å². The van der Waals surface area contributed by atoms with Gasteiger partial charge in [0.2, 0.25) is 0 Å². The molecule has 2 rings (SSSR count). The van der Waals surface area contributed by atoms with Crippen molar-refractivity contribution in [1.82, 2.24) is 0 Å². The standard InChI is InChI=1S/C14H21NS/c1-11-5-4-7-13(9-11)16-14-8-3-2-6-12(14)10-15/h4-5,7,9,12,14H,2-3,6,8,10,15H2,1H3. The van der Waals surface area contributed by atoms with Crippen LogP contribution in [0.3, 0.4) is 0 Å². The molecule has 1 saturated carbocycles. The van der Waals surface area contributed by atoms with E-state index in [-0.39, 0.29) is 0 Å². The quantitative estimate of drug-likeness (QED) is 0.866. The van der Waals surface area contributed by atoms with Gasteiger partial charge in [0.25, 0.3) is 0 Å². The number of benzene rings is 1. The summed E-state index contributed by atoms with van der Waals surface area (Å²) in [5, 5.41) is 0.737. The minimum atomic E-state index is 0.722. The van der Waals surface area contributed by atoms with E-state index in [2.05, 4.69) is 31.2 Å². The molecule has 88 valence electrons. The number of rotatable bonds is 3. The first-order valence-corrected chi connectivity index (χ1v) is 7.11. The number of nitrogens with two attached hydrogens (primary N) is 1. The molecule has 0 bridgehead atoms. The molecule has 16 heavy (non-hydrogen) atoms. The molecule has 1 aliphatic rings. The lowest BCUT2D eigenvalue weighted by molar-refractivity contribution is 0.378. The molecule has 0 saturated heterocycles. The zero-order valence-electron chi connectivity index (χ0n) is 9.99. The molecule has 0 amide bonds. The normalized spacial score (nSPS) is 25.6. The zero-order chi connectivity index (χ0) is 11.4. The molecule has 2 atom stereocenters. The highest BCUT2D eigenvalue weighted by molar-refractivity contribution is 8.00. The summed E-state index contributed by atoms with van der Waals surface area (Å²) in [4.78, 5) is 1.41. The first kappa shape index (κ1) is 12.0. The SMILES string of the molecule is Cc1cccc(SC2CCCCC2CN)c1. The van der Waals surface area contributed by atoms with E-state index in [0.29, 0.717) is 0 Å². The van der Waals surface area contributed by atoms with Crippen LogP contribution in [0.2, 0.25) is 0 Å². The van der Waals surface area contributed by atoms with E-state index in [4.69, 9.17) is 5.73 Å². The molecular formula is C14H21NS. The van der Waals surface area contributed by atoms with Gasteiger partial charge in [-0.1, -0.05) is 30.5 Å². The number of hydrogen-bond acceptors (Lipinski definition) is 2. The maximum Gasteiger partial charge on any atom is 0.0135 e. The van der Waals surface area contributed by atoms with E-state index >= 15 is 0 Å². The Labute approximate surface area is 103 Å². The Bertz CT molecular complexity index is 337. The van der Waals surface area contributed by atoms with Crippen molar-refractivity contribution in [2.24, 2.45) is 11.7 Å². The van der Waals surface area contributed by atoms with Crippen LogP contribution < -0.4 is 5.73 Å². The molecule has 2 unspecified atom stereocenters. The maximum absolute atomic E-state index is 5.86. The van der Waals surface area contributed by atoms with Crippen molar-refractivity contribution in [2.75, 3.05) is 6.54 Å². The Morgan fingerprint density at radius 3 is 2.88 bits per heavy atom. The first-order chi connectivity index (χ1) is 7.79. The largest absolute Gasteiger partial charge is 0.330 e. The topological polar surface area (TPSA) is 26.0 Å².